The maximum atomic E-state index is 14.2. The van der Waals surface area contributed by atoms with E-state index in [1.54, 1.807) is 27.4 Å². The second-order valence-electron chi connectivity index (χ2n) is 22.3. The van der Waals surface area contributed by atoms with Gasteiger partial charge in [0.2, 0.25) is 0 Å². The van der Waals surface area contributed by atoms with E-state index in [9.17, 15) is 13.2 Å². The van der Waals surface area contributed by atoms with Crippen molar-refractivity contribution in [3.05, 3.63) is 118 Å². The number of benzene rings is 5. The van der Waals surface area contributed by atoms with Gasteiger partial charge in [0.15, 0.2) is 17.1 Å². The maximum Gasteiger partial charge on any atom is 0.502 e. The summed E-state index contributed by atoms with van der Waals surface area (Å²) < 4.78 is 100. The lowest BCUT2D eigenvalue weighted by molar-refractivity contribution is -0.137. The fourth-order valence-electron chi connectivity index (χ4n) is 9.72. The first-order chi connectivity index (χ1) is 32.4. The predicted octanol–water partition coefficient (Wildman–Crippen LogP) is 14.5. The molecule has 9 nitrogen and oxygen atoms in total. The van der Waals surface area contributed by atoms with E-state index in [-0.39, 0.29) is 0 Å². The molecule has 5 aromatic rings. The largest absolute Gasteiger partial charge is 0.502 e. The third kappa shape index (κ3) is 11.0. The molecule has 378 valence electrons. The fourth-order valence-corrected chi connectivity index (χ4v) is 13.9. The van der Waals surface area contributed by atoms with Gasteiger partial charge in [0.1, 0.15) is 23.9 Å². The molecule has 0 radical (unpaired) electrons. The van der Waals surface area contributed by atoms with Gasteiger partial charge in [-0.15, -0.1) is 0 Å². The van der Waals surface area contributed by atoms with Crippen molar-refractivity contribution in [2.24, 2.45) is 0 Å². The Hall–Kier alpha value is -5.05. The Kier molecular flexibility index (Phi) is 14.2. The molecule has 7 rings (SSSR count). The number of methoxy groups -OCH3 is 3. The van der Waals surface area contributed by atoms with E-state index >= 15 is 0 Å². The molecule has 1 atom stereocenters. The van der Waals surface area contributed by atoms with Crippen LogP contribution in [0.3, 0.4) is 0 Å². The average molecular weight is 985 g/mol. The molecule has 0 saturated heterocycles. The Morgan fingerprint density at radius 1 is 0.614 bits per heavy atom. The molecule has 0 N–H and O–H groups in total. The summed E-state index contributed by atoms with van der Waals surface area (Å²) in [6, 6.07) is 23.9. The second kappa shape index (κ2) is 18.8. The van der Waals surface area contributed by atoms with Gasteiger partial charge in [-0.3, -0.25) is 0 Å². The van der Waals surface area contributed by atoms with Crippen LogP contribution in [0.5, 0.6) is 28.7 Å². The van der Waals surface area contributed by atoms with Gasteiger partial charge < -0.3 is 41.7 Å². The molecule has 2 aliphatic rings. The van der Waals surface area contributed by atoms with E-state index in [4.69, 9.17) is 41.7 Å². The first kappa shape index (κ1) is 52.8. The first-order valence-corrected chi connectivity index (χ1v) is 25.9. The van der Waals surface area contributed by atoms with Gasteiger partial charge >= 0.3 is 15.0 Å². The molecule has 0 spiro atoms. The van der Waals surface area contributed by atoms with Crippen molar-refractivity contribution in [3.8, 4) is 39.9 Å². The summed E-state index contributed by atoms with van der Waals surface area (Å²) >= 11 is 0. The van der Waals surface area contributed by atoms with Gasteiger partial charge in [0.05, 0.1) is 55.9 Å². The number of rotatable bonds is 16. The minimum atomic E-state index is -4.51. The Morgan fingerprint density at radius 2 is 1.14 bits per heavy atom. The quantitative estimate of drug-likeness (QED) is 0.0709. The summed E-state index contributed by atoms with van der Waals surface area (Å²) in [5.74, 6) is 2.86. The van der Waals surface area contributed by atoms with Gasteiger partial charge in [-0.2, -0.15) is 13.2 Å². The zero-order valence-electron chi connectivity index (χ0n) is 43.8. The monoisotopic (exact) mass is 984 g/mol. The number of fused-ring (bicyclic) bond motifs is 8. The number of ether oxygens (including phenoxy) is 6. The lowest BCUT2D eigenvalue weighted by Crippen LogP contribution is -2.57. The highest BCUT2D eigenvalue weighted by molar-refractivity contribution is 6.61. The van der Waals surface area contributed by atoms with Crippen molar-refractivity contribution in [1.82, 2.24) is 0 Å². The Balaban J connectivity index is 1.20. The molecule has 13 heteroatoms. The lowest BCUT2D eigenvalue weighted by Gasteiger charge is -2.44. The highest BCUT2D eigenvalue weighted by atomic mass is 28.4. The molecule has 0 amide bonds. The summed E-state index contributed by atoms with van der Waals surface area (Å²) in [6.07, 6.45) is 0.208. The lowest BCUT2D eigenvalue weighted by atomic mass is 9.76. The molecule has 70 heavy (non-hydrogen) atoms. The SMILES string of the molecule is COc1ccc(C2(c3ccc(OCCOC(C)(C)CC[Si](OC(C)(C)C)(OC(C)(C)C)OC(C)(C)C)cc3)C=Cc3c4c(c5cc(OC)c(OC)cc5c3O2)-c2ccc(C(F)(F)F)cc2C4(C)C)cc1. The molecule has 1 aliphatic carbocycles. The van der Waals surface area contributed by atoms with E-state index in [0.29, 0.717) is 60.0 Å². The average Bonchev–Trinajstić information content (AvgIpc) is 3.50. The van der Waals surface area contributed by atoms with Gasteiger partial charge in [-0.1, -0.05) is 50.3 Å². The van der Waals surface area contributed by atoms with Crippen molar-refractivity contribution >= 4 is 25.7 Å². The normalized spacial score (nSPS) is 16.9. The van der Waals surface area contributed by atoms with Gasteiger partial charge in [0, 0.05) is 33.5 Å². The number of hydrogen-bond donors (Lipinski definition) is 0. The number of hydrogen-bond acceptors (Lipinski definition) is 9. The molecule has 5 aromatic carbocycles. The third-order valence-electron chi connectivity index (χ3n) is 12.5. The van der Waals surface area contributed by atoms with Crippen molar-refractivity contribution in [3.63, 3.8) is 0 Å². The maximum absolute atomic E-state index is 14.2. The molecular weight excluding hydrogens is 914 g/mol. The van der Waals surface area contributed by atoms with E-state index in [2.05, 4.69) is 13.8 Å². The topological polar surface area (TPSA) is 83.1 Å². The van der Waals surface area contributed by atoms with Crippen LogP contribution in [0.1, 0.15) is 130 Å². The Morgan fingerprint density at radius 3 is 1.64 bits per heavy atom. The number of alkyl halides is 3. The van der Waals surface area contributed by atoms with Crippen LogP contribution in [0.4, 0.5) is 13.2 Å². The van der Waals surface area contributed by atoms with Crippen LogP contribution in [0.25, 0.3) is 28.0 Å². The molecule has 1 aliphatic heterocycles. The smallest absolute Gasteiger partial charge is 0.497 e. The summed E-state index contributed by atoms with van der Waals surface area (Å²) in [4.78, 5) is 0. The summed E-state index contributed by atoms with van der Waals surface area (Å²) in [7, 11) is 1.54. The Bertz CT molecular complexity index is 2680. The molecule has 0 aromatic heterocycles. The van der Waals surface area contributed by atoms with Crippen molar-refractivity contribution in [2.75, 3.05) is 34.5 Å². The van der Waals surface area contributed by atoms with E-state index in [1.165, 1.54) is 6.07 Å². The summed E-state index contributed by atoms with van der Waals surface area (Å²) in [6.45, 7) is 27.0. The van der Waals surface area contributed by atoms with E-state index in [0.717, 1.165) is 50.2 Å². The van der Waals surface area contributed by atoms with Crippen molar-refractivity contribution in [1.29, 1.82) is 0 Å². The Labute approximate surface area is 413 Å². The van der Waals surface area contributed by atoms with Crippen LogP contribution in [0.15, 0.2) is 84.9 Å². The van der Waals surface area contributed by atoms with Crippen molar-refractivity contribution in [2.45, 2.75) is 142 Å². The summed E-state index contributed by atoms with van der Waals surface area (Å²) in [5.41, 5.74) is 0.740. The highest BCUT2D eigenvalue weighted by Crippen LogP contribution is 2.60. The van der Waals surface area contributed by atoms with Crippen LogP contribution in [-0.2, 0) is 35.2 Å². The zero-order valence-corrected chi connectivity index (χ0v) is 44.8. The third-order valence-corrected chi connectivity index (χ3v) is 16.2. The molecule has 0 fully saturated rings. The minimum Gasteiger partial charge on any atom is -0.497 e. The predicted molar refractivity (Wildman–Crippen MR) is 273 cm³/mol. The van der Waals surface area contributed by atoms with Gasteiger partial charge in [-0.05, 0) is 165 Å². The first-order valence-electron chi connectivity index (χ1n) is 23.9. The standard InChI is InChI=1S/C57H71F3O9Si/c1-51(2,3)67-70(68-52(4,5)6,69-53(7,8)9)32-29-54(10,11)65-31-30-64-40-24-19-37(20-25-40)56(36-17-22-39(61-14)23-18-36)28-27-42-49-48(41-26-21-38(57(58,59)60)33-45(41)55(49,12)13)43-34-46(62-15)47(63-16)35-44(43)50(42)66-56/h17-28,33-35H,29-32H2,1-16H3. The van der Waals surface area contributed by atoms with Crippen LogP contribution < -0.4 is 23.7 Å². The van der Waals surface area contributed by atoms with Crippen LogP contribution in [0.2, 0.25) is 6.04 Å². The highest BCUT2D eigenvalue weighted by Gasteiger charge is 2.51. The van der Waals surface area contributed by atoms with Gasteiger partial charge in [0.25, 0.3) is 0 Å². The molecule has 0 saturated carbocycles. The molecule has 1 unspecified atom stereocenters. The van der Waals surface area contributed by atoms with Crippen molar-refractivity contribution < 1.29 is 54.9 Å². The number of halogens is 3. The molecule has 0 bridgehead atoms. The van der Waals surface area contributed by atoms with Crippen LogP contribution >= 0.6 is 0 Å². The zero-order chi connectivity index (χ0) is 51.5. The van der Waals surface area contributed by atoms with E-state index < -0.39 is 54.0 Å². The van der Waals surface area contributed by atoms with Crippen LogP contribution in [-0.4, -0.2) is 65.8 Å². The molecular formula is C57H71F3O9Si. The fraction of sp³-hybridized carbons (Fsp3) is 0.474. The minimum absolute atomic E-state index is 0.305. The van der Waals surface area contributed by atoms with E-state index in [1.807, 2.05) is 149 Å². The summed E-state index contributed by atoms with van der Waals surface area (Å²) in [5, 5.41) is 1.49. The second-order valence-corrected chi connectivity index (χ2v) is 24.8. The van der Waals surface area contributed by atoms with Gasteiger partial charge in [-0.25, -0.2) is 0 Å². The molecule has 1 heterocycles. The van der Waals surface area contributed by atoms with Crippen LogP contribution in [0, 0.1) is 0 Å².